The summed E-state index contributed by atoms with van der Waals surface area (Å²) in [6.45, 7) is 0.416. The third kappa shape index (κ3) is 4.25. The van der Waals surface area contributed by atoms with Crippen LogP contribution in [0.2, 0.25) is 0 Å². The number of para-hydroxylation sites is 1. The summed E-state index contributed by atoms with van der Waals surface area (Å²) in [5.74, 6) is 0.982. The second-order valence-corrected chi connectivity index (χ2v) is 7.37. The molecule has 33 heavy (non-hydrogen) atoms. The number of halogens is 1. The average molecular weight is 435 g/mol. The SMILES string of the molecule is N#Cc1nc(-c2cccc3ccccc23)oc1NCc1ccc(Oc2ccccc2F)cc1. The number of oxazole rings is 1. The molecule has 0 aliphatic heterocycles. The second-order valence-electron chi connectivity index (χ2n) is 7.37. The average Bonchev–Trinajstić information content (AvgIpc) is 3.28. The fraction of sp³-hybridized carbons (Fsp3) is 0.0370. The summed E-state index contributed by atoms with van der Waals surface area (Å²) in [5, 5.41) is 14.7. The van der Waals surface area contributed by atoms with E-state index >= 15 is 0 Å². The Bertz CT molecular complexity index is 1460. The van der Waals surface area contributed by atoms with Crippen molar-refractivity contribution in [2.75, 3.05) is 5.32 Å². The highest BCUT2D eigenvalue weighted by molar-refractivity contribution is 5.94. The number of hydrogen-bond donors (Lipinski definition) is 1. The highest BCUT2D eigenvalue weighted by Crippen LogP contribution is 2.31. The Morgan fingerprint density at radius 3 is 2.48 bits per heavy atom. The molecule has 1 N–H and O–H groups in total. The zero-order chi connectivity index (χ0) is 22.6. The molecule has 4 aromatic carbocycles. The molecule has 0 atom stereocenters. The quantitative estimate of drug-likeness (QED) is 0.314. The number of aromatic nitrogens is 1. The van der Waals surface area contributed by atoms with E-state index in [1.807, 2.05) is 54.6 Å². The van der Waals surface area contributed by atoms with Crippen LogP contribution in [0.25, 0.3) is 22.2 Å². The molecule has 1 aromatic heterocycles. The maximum absolute atomic E-state index is 13.8. The lowest BCUT2D eigenvalue weighted by atomic mass is 10.0. The molecule has 0 saturated heterocycles. The maximum atomic E-state index is 13.8. The topological polar surface area (TPSA) is 71.1 Å². The zero-order valence-electron chi connectivity index (χ0n) is 17.5. The molecule has 1 heterocycles. The molecular weight excluding hydrogens is 417 g/mol. The summed E-state index contributed by atoms with van der Waals surface area (Å²) in [5.41, 5.74) is 1.95. The predicted molar refractivity (Wildman–Crippen MR) is 124 cm³/mol. The van der Waals surface area contributed by atoms with Gasteiger partial charge in [0.2, 0.25) is 17.5 Å². The van der Waals surface area contributed by atoms with E-state index in [1.54, 1.807) is 30.3 Å². The minimum Gasteiger partial charge on any atom is -0.454 e. The summed E-state index contributed by atoms with van der Waals surface area (Å²) in [6.07, 6.45) is 0. The summed E-state index contributed by atoms with van der Waals surface area (Å²) in [4.78, 5) is 4.38. The predicted octanol–water partition coefficient (Wildman–Crippen LogP) is 6.91. The van der Waals surface area contributed by atoms with Crippen LogP contribution in [0, 0.1) is 17.1 Å². The third-order valence-corrected chi connectivity index (χ3v) is 5.19. The van der Waals surface area contributed by atoms with Gasteiger partial charge in [-0.15, -0.1) is 0 Å². The minimum absolute atomic E-state index is 0.171. The molecule has 0 spiro atoms. The van der Waals surface area contributed by atoms with Gasteiger partial charge in [-0.2, -0.15) is 10.2 Å². The number of hydrogen-bond acceptors (Lipinski definition) is 5. The van der Waals surface area contributed by atoms with E-state index in [1.165, 1.54) is 6.07 Å². The van der Waals surface area contributed by atoms with E-state index in [2.05, 4.69) is 16.4 Å². The molecule has 0 aliphatic rings. The molecule has 5 aromatic rings. The summed E-state index contributed by atoms with van der Waals surface area (Å²) >= 11 is 0. The van der Waals surface area contributed by atoms with Gasteiger partial charge in [-0.05, 0) is 46.7 Å². The number of fused-ring (bicyclic) bond motifs is 1. The standard InChI is InChI=1S/C27H18FN3O2/c28-23-10-3-4-11-25(23)32-20-14-12-18(13-15-20)17-30-27-24(16-29)31-26(33-27)22-9-5-7-19-6-1-2-8-21(19)22/h1-15,30H,17H2. The first-order chi connectivity index (χ1) is 16.2. The Labute approximate surface area is 189 Å². The van der Waals surface area contributed by atoms with E-state index < -0.39 is 5.82 Å². The van der Waals surface area contributed by atoms with Gasteiger partial charge in [0, 0.05) is 12.1 Å². The van der Waals surface area contributed by atoms with Crippen LogP contribution in [0.4, 0.5) is 10.3 Å². The van der Waals surface area contributed by atoms with Gasteiger partial charge in [-0.25, -0.2) is 4.39 Å². The van der Waals surface area contributed by atoms with Gasteiger partial charge in [0.15, 0.2) is 11.6 Å². The van der Waals surface area contributed by atoms with Crippen molar-refractivity contribution in [1.82, 2.24) is 4.98 Å². The Hall–Kier alpha value is -4.63. The van der Waals surface area contributed by atoms with Crippen LogP contribution in [-0.4, -0.2) is 4.98 Å². The van der Waals surface area contributed by atoms with Crippen molar-refractivity contribution in [3.63, 3.8) is 0 Å². The first-order valence-electron chi connectivity index (χ1n) is 10.4. The number of anilines is 1. The maximum Gasteiger partial charge on any atom is 0.232 e. The second kappa shape index (κ2) is 8.85. The number of rotatable bonds is 6. The summed E-state index contributed by atoms with van der Waals surface area (Å²) in [6, 6.07) is 29.4. The monoisotopic (exact) mass is 435 g/mol. The Kier molecular flexibility index (Phi) is 5.44. The first-order valence-corrected chi connectivity index (χ1v) is 10.4. The van der Waals surface area contributed by atoms with Crippen molar-refractivity contribution in [2.45, 2.75) is 6.54 Å². The molecule has 5 rings (SSSR count). The molecule has 0 fully saturated rings. The fourth-order valence-corrected chi connectivity index (χ4v) is 3.55. The molecule has 0 aliphatic carbocycles. The molecule has 0 radical (unpaired) electrons. The van der Waals surface area contributed by atoms with Gasteiger partial charge in [0.25, 0.3) is 0 Å². The molecule has 160 valence electrons. The highest BCUT2D eigenvalue weighted by atomic mass is 19.1. The lowest BCUT2D eigenvalue weighted by Gasteiger charge is -2.08. The third-order valence-electron chi connectivity index (χ3n) is 5.19. The lowest BCUT2D eigenvalue weighted by Crippen LogP contribution is -2.00. The van der Waals surface area contributed by atoms with Crippen molar-refractivity contribution < 1.29 is 13.5 Å². The normalized spacial score (nSPS) is 10.7. The van der Waals surface area contributed by atoms with Crippen LogP contribution in [0.5, 0.6) is 11.5 Å². The van der Waals surface area contributed by atoms with Crippen LogP contribution in [0.3, 0.4) is 0 Å². The van der Waals surface area contributed by atoms with Crippen LogP contribution in [0.1, 0.15) is 11.3 Å². The van der Waals surface area contributed by atoms with Gasteiger partial charge in [0.05, 0.1) is 0 Å². The Balaban J connectivity index is 1.33. The molecule has 5 nitrogen and oxygen atoms in total. The Morgan fingerprint density at radius 1 is 0.909 bits per heavy atom. The van der Waals surface area contributed by atoms with E-state index in [0.29, 0.717) is 24.1 Å². The first kappa shape index (κ1) is 20.3. The van der Waals surface area contributed by atoms with Crippen molar-refractivity contribution >= 4 is 16.7 Å². The van der Waals surface area contributed by atoms with Crippen LogP contribution >= 0.6 is 0 Å². The van der Waals surface area contributed by atoms with Crippen LogP contribution < -0.4 is 10.1 Å². The number of nitrogens with one attached hydrogen (secondary N) is 1. The van der Waals surface area contributed by atoms with Crippen LogP contribution in [-0.2, 0) is 6.54 Å². The fourth-order valence-electron chi connectivity index (χ4n) is 3.55. The van der Waals surface area contributed by atoms with Gasteiger partial charge in [-0.3, -0.25) is 0 Å². The molecular formula is C27H18FN3O2. The van der Waals surface area contributed by atoms with Crippen molar-refractivity contribution in [1.29, 1.82) is 5.26 Å². The van der Waals surface area contributed by atoms with Gasteiger partial charge in [-0.1, -0.05) is 60.7 Å². The molecule has 0 saturated carbocycles. The van der Waals surface area contributed by atoms with Gasteiger partial charge >= 0.3 is 0 Å². The number of nitriles is 1. The van der Waals surface area contributed by atoms with E-state index in [0.717, 1.165) is 21.9 Å². The van der Waals surface area contributed by atoms with E-state index in [4.69, 9.17) is 9.15 Å². The van der Waals surface area contributed by atoms with Gasteiger partial charge < -0.3 is 14.5 Å². The smallest absolute Gasteiger partial charge is 0.232 e. The van der Waals surface area contributed by atoms with Crippen LogP contribution in [0.15, 0.2) is 95.4 Å². The van der Waals surface area contributed by atoms with Crippen molar-refractivity contribution in [2.24, 2.45) is 0 Å². The lowest BCUT2D eigenvalue weighted by molar-refractivity contribution is 0.442. The minimum atomic E-state index is -0.417. The molecule has 0 unspecified atom stereocenters. The van der Waals surface area contributed by atoms with Gasteiger partial charge in [0.1, 0.15) is 11.8 Å². The highest BCUT2D eigenvalue weighted by Gasteiger charge is 2.16. The van der Waals surface area contributed by atoms with E-state index in [-0.39, 0.29) is 11.4 Å². The summed E-state index contributed by atoms with van der Waals surface area (Å²) in [7, 11) is 0. The number of benzene rings is 4. The van der Waals surface area contributed by atoms with Crippen molar-refractivity contribution in [3.8, 4) is 29.0 Å². The number of nitrogens with zero attached hydrogens (tertiary/aromatic N) is 2. The van der Waals surface area contributed by atoms with E-state index in [9.17, 15) is 9.65 Å². The largest absolute Gasteiger partial charge is 0.454 e. The molecule has 0 amide bonds. The molecule has 6 heteroatoms. The molecule has 0 bridgehead atoms. The number of ether oxygens (including phenoxy) is 1. The Morgan fingerprint density at radius 2 is 1.67 bits per heavy atom. The van der Waals surface area contributed by atoms with Crippen molar-refractivity contribution in [3.05, 3.63) is 108 Å². The summed E-state index contributed by atoms with van der Waals surface area (Å²) < 4.78 is 25.3. The zero-order valence-corrected chi connectivity index (χ0v) is 17.5.